The van der Waals surface area contributed by atoms with Crippen LogP contribution in [0.3, 0.4) is 0 Å². The Labute approximate surface area is 92.9 Å². The Morgan fingerprint density at radius 3 is 2.44 bits per heavy atom. The van der Waals surface area contributed by atoms with Crippen LogP contribution in [0.2, 0.25) is 0 Å². The van der Waals surface area contributed by atoms with Crippen molar-refractivity contribution in [2.75, 3.05) is 0 Å². The molecule has 1 aromatic heterocycles. The Hall–Kier alpha value is -1.31. The van der Waals surface area contributed by atoms with E-state index in [0.717, 1.165) is 0 Å². The lowest BCUT2D eigenvalue weighted by Gasteiger charge is -2.16. The zero-order valence-corrected chi connectivity index (χ0v) is 8.63. The number of carbonyl (C=O) groups is 1. The third-order valence-corrected chi connectivity index (χ3v) is 2.65. The maximum absolute atomic E-state index is 12.4. The highest BCUT2D eigenvalue weighted by molar-refractivity contribution is 7.99. The fourth-order valence-electron chi connectivity index (χ4n) is 0.856. The van der Waals surface area contributed by atoms with E-state index in [1.165, 1.54) is 18.5 Å². The van der Waals surface area contributed by atoms with E-state index in [1.807, 2.05) is 0 Å². The lowest BCUT2D eigenvalue weighted by Crippen LogP contribution is -2.28. The van der Waals surface area contributed by atoms with Gasteiger partial charge in [0.25, 0.3) is 0 Å². The molecule has 88 valence electrons. The number of nitrogens with zero attached hydrogens (tertiary/aromatic N) is 2. The third-order valence-electron chi connectivity index (χ3n) is 1.51. The van der Waals surface area contributed by atoms with Gasteiger partial charge in [0.15, 0.2) is 5.16 Å². The first kappa shape index (κ1) is 12.8. The molecule has 16 heavy (non-hydrogen) atoms. The van der Waals surface area contributed by atoms with Gasteiger partial charge in [-0.05, 0) is 6.07 Å². The molecule has 0 aromatic carbocycles. The fraction of sp³-hybridized carbons (Fsp3) is 0.375. The van der Waals surface area contributed by atoms with Gasteiger partial charge >= 0.3 is 12.1 Å². The van der Waals surface area contributed by atoms with Crippen molar-refractivity contribution in [3.05, 3.63) is 18.5 Å². The van der Waals surface area contributed by atoms with Gasteiger partial charge in [-0.15, -0.1) is 0 Å². The van der Waals surface area contributed by atoms with Gasteiger partial charge in [0.2, 0.25) is 0 Å². The molecule has 8 heteroatoms. The van der Waals surface area contributed by atoms with Crippen molar-refractivity contribution >= 4 is 17.7 Å². The van der Waals surface area contributed by atoms with Gasteiger partial charge in [-0.2, -0.15) is 13.2 Å². The number of carboxylic acid groups (broad SMARTS) is 1. The van der Waals surface area contributed by atoms with Crippen molar-refractivity contribution < 1.29 is 23.1 Å². The summed E-state index contributed by atoms with van der Waals surface area (Å²) in [7, 11) is 0. The average Bonchev–Trinajstić information content (AvgIpc) is 2.16. The van der Waals surface area contributed by atoms with Crippen LogP contribution in [-0.4, -0.2) is 32.5 Å². The molecule has 0 saturated heterocycles. The van der Waals surface area contributed by atoms with Crippen LogP contribution >= 0.6 is 11.8 Å². The van der Waals surface area contributed by atoms with E-state index in [1.54, 1.807) is 0 Å². The monoisotopic (exact) mass is 252 g/mol. The van der Waals surface area contributed by atoms with Crippen LogP contribution in [0.4, 0.5) is 13.2 Å². The Balaban J connectivity index is 2.75. The van der Waals surface area contributed by atoms with Gasteiger partial charge in [0.1, 0.15) is 5.25 Å². The number of halogens is 3. The van der Waals surface area contributed by atoms with Gasteiger partial charge in [-0.25, -0.2) is 9.97 Å². The Morgan fingerprint density at radius 2 is 2.00 bits per heavy atom. The normalized spacial score (nSPS) is 13.4. The molecule has 0 spiro atoms. The van der Waals surface area contributed by atoms with Crippen LogP contribution in [0.5, 0.6) is 0 Å². The Morgan fingerprint density at radius 1 is 1.44 bits per heavy atom. The number of aliphatic carboxylic acids is 1. The van der Waals surface area contributed by atoms with E-state index in [2.05, 4.69) is 9.97 Å². The number of alkyl halides is 3. The van der Waals surface area contributed by atoms with Crippen LogP contribution in [-0.2, 0) is 4.79 Å². The molecule has 0 aliphatic carbocycles. The van der Waals surface area contributed by atoms with Crippen molar-refractivity contribution in [2.24, 2.45) is 0 Å². The predicted molar refractivity (Wildman–Crippen MR) is 50.0 cm³/mol. The molecule has 1 aromatic rings. The zero-order chi connectivity index (χ0) is 12.2. The van der Waals surface area contributed by atoms with E-state index in [9.17, 15) is 18.0 Å². The van der Waals surface area contributed by atoms with Crippen LogP contribution in [0.1, 0.15) is 6.42 Å². The molecule has 4 nitrogen and oxygen atoms in total. The molecular formula is C8H7F3N2O2S. The summed E-state index contributed by atoms with van der Waals surface area (Å²) in [6, 6.07) is 1.46. The first-order valence-corrected chi connectivity index (χ1v) is 4.99. The summed E-state index contributed by atoms with van der Waals surface area (Å²) in [5.74, 6) is -1.51. The van der Waals surface area contributed by atoms with Crippen molar-refractivity contribution in [3.8, 4) is 0 Å². The van der Waals surface area contributed by atoms with E-state index in [0.29, 0.717) is 11.8 Å². The Kier molecular flexibility index (Phi) is 4.11. The number of hydrogen-bond donors (Lipinski definition) is 1. The van der Waals surface area contributed by atoms with Gasteiger partial charge in [0.05, 0.1) is 6.42 Å². The second kappa shape index (κ2) is 5.15. The van der Waals surface area contributed by atoms with Gasteiger partial charge < -0.3 is 5.11 Å². The first-order chi connectivity index (χ1) is 7.39. The van der Waals surface area contributed by atoms with Crippen molar-refractivity contribution in [2.45, 2.75) is 23.0 Å². The highest BCUT2D eigenvalue weighted by Crippen LogP contribution is 2.35. The smallest absolute Gasteiger partial charge is 0.401 e. The molecule has 0 aliphatic heterocycles. The SMILES string of the molecule is O=C(O)CC(Sc1ncccn1)C(F)(F)F. The van der Waals surface area contributed by atoms with Crippen LogP contribution in [0.25, 0.3) is 0 Å². The van der Waals surface area contributed by atoms with Gasteiger partial charge in [0, 0.05) is 12.4 Å². The fourth-order valence-corrected chi connectivity index (χ4v) is 1.71. The second-order valence-electron chi connectivity index (χ2n) is 2.78. The highest BCUT2D eigenvalue weighted by Gasteiger charge is 2.42. The van der Waals surface area contributed by atoms with E-state index in [-0.39, 0.29) is 5.16 Å². The first-order valence-electron chi connectivity index (χ1n) is 4.12. The molecular weight excluding hydrogens is 245 g/mol. The van der Waals surface area contributed by atoms with Crippen molar-refractivity contribution in [1.82, 2.24) is 9.97 Å². The summed E-state index contributed by atoms with van der Waals surface area (Å²) < 4.78 is 37.3. The number of rotatable bonds is 4. The van der Waals surface area contributed by atoms with Gasteiger partial charge in [-0.1, -0.05) is 11.8 Å². The van der Waals surface area contributed by atoms with Crippen molar-refractivity contribution in [1.29, 1.82) is 0 Å². The molecule has 1 atom stereocenters. The maximum atomic E-state index is 12.4. The van der Waals surface area contributed by atoms with Gasteiger partial charge in [-0.3, -0.25) is 4.79 Å². The molecule has 1 rings (SSSR count). The number of aromatic nitrogens is 2. The minimum Gasteiger partial charge on any atom is -0.481 e. The zero-order valence-electron chi connectivity index (χ0n) is 7.81. The molecule has 1 heterocycles. The van der Waals surface area contributed by atoms with Crippen LogP contribution < -0.4 is 0 Å². The largest absolute Gasteiger partial charge is 0.481 e. The minimum absolute atomic E-state index is 0.0916. The highest BCUT2D eigenvalue weighted by atomic mass is 32.2. The van der Waals surface area contributed by atoms with E-state index < -0.39 is 23.8 Å². The molecule has 0 aliphatic rings. The summed E-state index contributed by atoms with van der Waals surface area (Å²) >= 11 is 0.296. The number of carboxylic acids is 1. The summed E-state index contributed by atoms with van der Waals surface area (Å²) in [5, 5.41) is 6.24. The second-order valence-corrected chi connectivity index (χ2v) is 3.95. The lowest BCUT2D eigenvalue weighted by atomic mass is 10.3. The topological polar surface area (TPSA) is 63.1 Å². The molecule has 0 bridgehead atoms. The van der Waals surface area contributed by atoms with Crippen LogP contribution in [0, 0.1) is 0 Å². The molecule has 0 fully saturated rings. The summed E-state index contributed by atoms with van der Waals surface area (Å²) in [6.07, 6.45) is -3.01. The van der Waals surface area contributed by atoms with E-state index in [4.69, 9.17) is 5.11 Å². The third kappa shape index (κ3) is 4.05. The van der Waals surface area contributed by atoms with Crippen molar-refractivity contribution in [3.63, 3.8) is 0 Å². The summed E-state index contributed by atoms with van der Waals surface area (Å²) in [6.45, 7) is 0. The molecule has 1 N–H and O–H groups in total. The molecule has 0 amide bonds. The van der Waals surface area contributed by atoms with E-state index >= 15 is 0 Å². The Bertz CT molecular complexity index is 358. The standard InChI is InChI=1S/C8H7F3N2O2S/c9-8(10,11)5(4-6(14)15)16-7-12-2-1-3-13-7/h1-3,5H,4H2,(H,14,15). The van der Waals surface area contributed by atoms with Crippen LogP contribution in [0.15, 0.2) is 23.6 Å². The molecule has 0 saturated carbocycles. The maximum Gasteiger partial charge on any atom is 0.401 e. The number of thioether (sulfide) groups is 1. The summed E-state index contributed by atoms with van der Waals surface area (Å²) in [4.78, 5) is 17.5. The minimum atomic E-state index is -4.59. The summed E-state index contributed by atoms with van der Waals surface area (Å²) in [5.41, 5.74) is 0. The molecule has 0 radical (unpaired) electrons. The predicted octanol–water partition coefficient (Wildman–Crippen LogP) is 1.97. The lowest BCUT2D eigenvalue weighted by molar-refractivity contribution is -0.149. The average molecular weight is 252 g/mol. The quantitative estimate of drug-likeness (QED) is 0.655. The number of hydrogen-bond acceptors (Lipinski definition) is 4. The molecule has 1 unspecified atom stereocenters.